The Morgan fingerprint density at radius 2 is 1.93 bits per heavy atom. The summed E-state index contributed by atoms with van der Waals surface area (Å²) in [5, 5.41) is 4.12. The molecule has 1 amide bonds. The smallest absolute Gasteiger partial charge is 0.230 e. The fourth-order valence-corrected chi connectivity index (χ4v) is 3.63. The van der Waals surface area contributed by atoms with Gasteiger partial charge in [-0.3, -0.25) is 4.79 Å². The van der Waals surface area contributed by atoms with E-state index in [2.05, 4.69) is 22.3 Å². The first-order valence-corrected chi connectivity index (χ1v) is 9.48. The van der Waals surface area contributed by atoms with E-state index in [-0.39, 0.29) is 11.8 Å². The molecule has 27 heavy (non-hydrogen) atoms. The van der Waals surface area contributed by atoms with Crippen molar-refractivity contribution in [1.82, 2.24) is 19.6 Å². The van der Waals surface area contributed by atoms with Gasteiger partial charge in [-0.1, -0.05) is 35.5 Å². The van der Waals surface area contributed by atoms with E-state index >= 15 is 0 Å². The number of carbonyl (C=O) groups excluding carboxylic acids is 1. The van der Waals surface area contributed by atoms with E-state index in [9.17, 15) is 4.79 Å². The third-order valence-corrected chi connectivity index (χ3v) is 5.28. The van der Waals surface area contributed by atoms with Crippen molar-refractivity contribution in [3.05, 3.63) is 60.1 Å². The largest absolute Gasteiger partial charge is 0.348 e. The number of amides is 1. The van der Waals surface area contributed by atoms with Gasteiger partial charge in [-0.2, -0.15) is 4.98 Å². The molecule has 0 N–H and O–H groups in total. The average molecular weight is 364 g/mol. The highest BCUT2D eigenvalue weighted by Gasteiger charge is 2.27. The number of carbonyl (C=O) groups is 1. The lowest BCUT2D eigenvalue weighted by atomic mass is 9.96. The minimum absolute atomic E-state index is 0.227. The molecule has 6 nitrogen and oxygen atoms in total. The van der Waals surface area contributed by atoms with E-state index in [0.29, 0.717) is 18.1 Å². The second kappa shape index (κ2) is 7.78. The van der Waals surface area contributed by atoms with Gasteiger partial charge in [-0.05, 0) is 37.0 Å². The van der Waals surface area contributed by atoms with Crippen molar-refractivity contribution < 1.29 is 9.32 Å². The highest BCUT2D eigenvalue weighted by molar-refractivity contribution is 5.76. The first-order valence-electron chi connectivity index (χ1n) is 9.48. The van der Waals surface area contributed by atoms with Gasteiger partial charge in [0.25, 0.3) is 0 Å². The van der Waals surface area contributed by atoms with Crippen LogP contribution in [0.3, 0.4) is 0 Å². The number of likely N-dealkylation sites (tertiary alicyclic amines) is 1. The summed E-state index contributed by atoms with van der Waals surface area (Å²) in [5.74, 6) is 1.76. The Balaban J connectivity index is 1.30. The van der Waals surface area contributed by atoms with Crippen LogP contribution in [0.1, 0.15) is 36.6 Å². The number of aromatic nitrogens is 3. The summed E-state index contributed by atoms with van der Waals surface area (Å²) in [6, 6.07) is 14.1. The SMILES string of the molecule is Cn1cccc1-c1noc(C2CCN(C(=O)CCc3ccccc3)CC2)n1. The van der Waals surface area contributed by atoms with Crippen LogP contribution in [0.15, 0.2) is 53.2 Å². The Hall–Kier alpha value is -2.89. The molecule has 140 valence electrons. The number of hydrogen-bond donors (Lipinski definition) is 0. The molecule has 3 heterocycles. The zero-order valence-corrected chi connectivity index (χ0v) is 15.5. The monoisotopic (exact) mass is 364 g/mol. The van der Waals surface area contributed by atoms with Crippen molar-refractivity contribution in [3.63, 3.8) is 0 Å². The fraction of sp³-hybridized carbons (Fsp3) is 0.381. The maximum atomic E-state index is 12.5. The second-order valence-corrected chi connectivity index (χ2v) is 7.10. The first-order chi connectivity index (χ1) is 13.2. The van der Waals surface area contributed by atoms with Gasteiger partial charge in [0.1, 0.15) is 0 Å². The summed E-state index contributed by atoms with van der Waals surface area (Å²) in [5.41, 5.74) is 2.15. The van der Waals surface area contributed by atoms with Crippen LogP contribution in [0.5, 0.6) is 0 Å². The Morgan fingerprint density at radius 3 is 2.63 bits per heavy atom. The van der Waals surface area contributed by atoms with Gasteiger partial charge in [0.2, 0.25) is 17.6 Å². The maximum absolute atomic E-state index is 12.5. The molecule has 2 aromatic heterocycles. The van der Waals surface area contributed by atoms with Crippen LogP contribution in [0.2, 0.25) is 0 Å². The Bertz CT molecular complexity index is 892. The van der Waals surface area contributed by atoms with E-state index < -0.39 is 0 Å². The van der Waals surface area contributed by atoms with Crippen LogP contribution in [0, 0.1) is 0 Å². The standard InChI is InChI=1S/C21H24N4O2/c1-24-13-5-8-18(24)20-22-21(27-23-20)17-11-14-25(15-12-17)19(26)10-9-16-6-3-2-4-7-16/h2-8,13,17H,9-12,14-15H2,1H3. The lowest BCUT2D eigenvalue weighted by Gasteiger charge is -2.30. The molecule has 3 aromatic rings. The van der Waals surface area contributed by atoms with E-state index in [1.165, 1.54) is 5.56 Å². The summed E-state index contributed by atoms with van der Waals surface area (Å²) in [6.45, 7) is 1.50. The van der Waals surface area contributed by atoms with Crippen LogP contribution >= 0.6 is 0 Å². The average Bonchev–Trinajstić information content (AvgIpc) is 3.36. The van der Waals surface area contributed by atoms with Gasteiger partial charge in [-0.25, -0.2) is 0 Å². The van der Waals surface area contributed by atoms with Crippen LogP contribution in [0.25, 0.3) is 11.5 Å². The van der Waals surface area contributed by atoms with Crippen LogP contribution in [-0.4, -0.2) is 38.6 Å². The van der Waals surface area contributed by atoms with Crippen molar-refractivity contribution in [3.8, 4) is 11.5 Å². The molecule has 0 aliphatic carbocycles. The zero-order valence-electron chi connectivity index (χ0n) is 15.5. The Morgan fingerprint density at radius 1 is 1.15 bits per heavy atom. The quantitative estimate of drug-likeness (QED) is 0.696. The van der Waals surface area contributed by atoms with Crippen LogP contribution in [-0.2, 0) is 18.3 Å². The summed E-state index contributed by atoms with van der Waals surface area (Å²) < 4.78 is 7.48. The van der Waals surface area contributed by atoms with Gasteiger partial charge in [0.15, 0.2) is 0 Å². The number of hydrogen-bond acceptors (Lipinski definition) is 4. The van der Waals surface area contributed by atoms with E-state index in [1.807, 2.05) is 53.0 Å². The van der Waals surface area contributed by atoms with E-state index in [4.69, 9.17) is 4.52 Å². The highest BCUT2D eigenvalue weighted by atomic mass is 16.5. The maximum Gasteiger partial charge on any atom is 0.230 e. The van der Waals surface area contributed by atoms with Gasteiger partial charge >= 0.3 is 0 Å². The number of rotatable bonds is 5. The zero-order chi connectivity index (χ0) is 18.6. The van der Waals surface area contributed by atoms with Crippen molar-refractivity contribution in [2.75, 3.05) is 13.1 Å². The predicted octanol–water partition coefficient (Wildman–Crippen LogP) is 3.41. The van der Waals surface area contributed by atoms with Crippen LogP contribution < -0.4 is 0 Å². The van der Waals surface area contributed by atoms with E-state index in [1.54, 1.807) is 0 Å². The molecule has 1 aliphatic heterocycles. The van der Waals surface area contributed by atoms with Crippen molar-refractivity contribution in [1.29, 1.82) is 0 Å². The van der Waals surface area contributed by atoms with Gasteiger partial charge in [-0.15, -0.1) is 0 Å². The number of piperidine rings is 1. The molecule has 0 saturated carbocycles. The lowest BCUT2D eigenvalue weighted by Crippen LogP contribution is -2.38. The number of benzene rings is 1. The van der Waals surface area contributed by atoms with Crippen molar-refractivity contribution >= 4 is 5.91 Å². The third kappa shape index (κ3) is 3.94. The lowest BCUT2D eigenvalue weighted by molar-refractivity contribution is -0.132. The molecule has 1 saturated heterocycles. The molecule has 1 aromatic carbocycles. The molecule has 0 unspecified atom stereocenters. The molecule has 6 heteroatoms. The first kappa shape index (κ1) is 17.5. The normalized spacial score (nSPS) is 15.2. The minimum Gasteiger partial charge on any atom is -0.348 e. The molecule has 0 spiro atoms. The number of aryl methyl sites for hydroxylation is 2. The van der Waals surface area contributed by atoms with Gasteiger partial charge < -0.3 is 14.0 Å². The summed E-state index contributed by atoms with van der Waals surface area (Å²) >= 11 is 0. The number of nitrogens with zero attached hydrogens (tertiary/aromatic N) is 4. The van der Waals surface area contributed by atoms with Gasteiger partial charge in [0, 0.05) is 38.7 Å². The molecule has 0 radical (unpaired) electrons. The molecule has 1 aliphatic rings. The molecular formula is C21H24N4O2. The summed E-state index contributed by atoms with van der Waals surface area (Å²) in [7, 11) is 1.96. The highest BCUT2D eigenvalue weighted by Crippen LogP contribution is 2.28. The molecule has 0 bridgehead atoms. The topological polar surface area (TPSA) is 64.2 Å². The van der Waals surface area contributed by atoms with E-state index in [0.717, 1.165) is 38.0 Å². The predicted molar refractivity (Wildman–Crippen MR) is 102 cm³/mol. The minimum atomic E-state index is 0.227. The summed E-state index contributed by atoms with van der Waals surface area (Å²) in [6.07, 6.45) is 5.05. The third-order valence-electron chi connectivity index (χ3n) is 5.28. The second-order valence-electron chi connectivity index (χ2n) is 7.10. The Kier molecular flexibility index (Phi) is 5.05. The van der Waals surface area contributed by atoms with Crippen LogP contribution in [0.4, 0.5) is 0 Å². The summed E-state index contributed by atoms with van der Waals surface area (Å²) in [4.78, 5) is 19.0. The molecular weight excluding hydrogens is 340 g/mol. The van der Waals surface area contributed by atoms with Gasteiger partial charge in [0.05, 0.1) is 5.69 Å². The molecule has 0 atom stereocenters. The Labute approximate surface area is 158 Å². The molecule has 4 rings (SSSR count). The van der Waals surface area contributed by atoms with Crippen molar-refractivity contribution in [2.45, 2.75) is 31.6 Å². The van der Waals surface area contributed by atoms with Crippen molar-refractivity contribution in [2.24, 2.45) is 7.05 Å². The fourth-order valence-electron chi connectivity index (χ4n) is 3.63. The molecule has 1 fully saturated rings.